The number of aromatic nitrogens is 1. The van der Waals surface area contributed by atoms with E-state index in [0.717, 1.165) is 16.3 Å². The number of fused-ring (bicyclic) bond motifs is 3. The Labute approximate surface area is 130 Å². The van der Waals surface area contributed by atoms with Crippen LogP contribution in [0.5, 0.6) is 11.6 Å². The number of nitrogens with zero attached hydrogens (tertiary/aromatic N) is 1. The third-order valence-electron chi connectivity index (χ3n) is 3.22. The number of benzene rings is 2. The number of hydrogen-bond donors (Lipinski definition) is 0. The number of halogens is 3. The summed E-state index contributed by atoms with van der Waals surface area (Å²) >= 11 is 0. The lowest BCUT2D eigenvalue weighted by Crippen LogP contribution is -2.17. The Kier molecular flexibility index (Phi) is 3.75. The van der Waals surface area contributed by atoms with E-state index in [1.807, 2.05) is 38.1 Å². The third kappa shape index (κ3) is 3.31. The Bertz CT molecular complexity index is 859. The molecule has 6 heteroatoms. The molecule has 3 aromatic rings. The van der Waals surface area contributed by atoms with Gasteiger partial charge in [-0.1, -0.05) is 18.2 Å². The second kappa shape index (κ2) is 5.61. The Morgan fingerprint density at radius 3 is 2.39 bits per heavy atom. The van der Waals surface area contributed by atoms with Gasteiger partial charge in [0.25, 0.3) is 0 Å². The molecule has 0 fully saturated rings. The summed E-state index contributed by atoms with van der Waals surface area (Å²) in [5.74, 6) is -0.00277. The number of ether oxygens (including phenoxy) is 2. The van der Waals surface area contributed by atoms with Gasteiger partial charge in [-0.2, -0.15) is 0 Å². The number of para-hydroxylation sites is 1. The molecular weight excluding hydrogens is 307 g/mol. The quantitative estimate of drug-likeness (QED) is 0.631. The van der Waals surface area contributed by atoms with E-state index >= 15 is 0 Å². The highest BCUT2D eigenvalue weighted by Gasteiger charge is 2.31. The monoisotopic (exact) mass is 321 g/mol. The molecule has 3 rings (SSSR count). The summed E-state index contributed by atoms with van der Waals surface area (Å²) in [6.45, 7) is 3.66. The van der Waals surface area contributed by atoms with Gasteiger partial charge in [0.15, 0.2) is 0 Å². The van der Waals surface area contributed by atoms with Gasteiger partial charge >= 0.3 is 6.36 Å². The number of alkyl halides is 3. The third-order valence-corrected chi connectivity index (χ3v) is 3.22. The van der Waals surface area contributed by atoms with Gasteiger partial charge in [-0.3, -0.25) is 0 Å². The van der Waals surface area contributed by atoms with Crippen molar-refractivity contribution in [1.82, 2.24) is 4.98 Å². The van der Waals surface area contributed by atoms with E-state index in [2.05, 4.69) is 9.72 Å². The van der Waals surface area contributed by atoms with Crippen LogP contribution in [0.3, 0.4) is 0 Å². The maximum atomic E-state index is 12.4. The van der Waals surface area contributed by atoms with Crippen molar-refractivity contribution in [3.05, 3.63) is 42.5 Å². The minimum absolute atomic E-state index is 0.154. The molecule has 0 aliphatic rings. The molecule has 1 heterocycles. The van der Waals surface area contributed by atoms with Crippen molar-refractivity contribution in [2.45, 2.75) is 26.3 Å². The van der Waals surface area contributed by atoms with Crippen molar-refractivity contribution >= 4 is 21.7 Å². The number of hydrogen-bond acceptors (Lipinski definition) is 3. The van der Waals surface area contributed by atoms with Crippen molar-refractivity contribution in [3.8, 4) is 11.6 Å². The van der Waals surface area contributed by atoms with E-state index in [4.69, 9.17) is 4.74 Å². The highest BCUT2D eigenvalue weighted by atomic mass is 19.4. The first-order chi connectivity index (χ1) is 10.8. The lowest BCUT2D eigenvalue weighted by atomic mass is 10.1. The molecule has 0 unspecified atom stereocenters. The van der Waals surface area contributed by atoms with Crippen LogP contribution in [-0.4, -0.2) is 17.5 Å². The van der Waals surface area contributed by atoms with Crippen LogP contribution in [0.1, 0.15) is 13.8 Å². The molecule has 0 radical (unpaired) electrons. The topological polar surface area (TPSA) is 31.4 Å². The van der Waals surface area contributed by atoms with Gasteiger partial charge in [0.1, 0.15) is 5.75 Å². The first-order valence-corrected chi connectivity index (χ1v) is 7.08. The standard InChI is InChI=1S/C17H14F3NO2/c1-10(2)22-16-14-9-11(23-17(18,19)20)7-8-12(14)13-5-3-4-6-15(13)21-16/h3-10H,1-2H3. The first kappa shape index (κ1) is 15.4. The predicted octanol–water partition coefficient (Wildman–Crippen LogP) is 5.07. The zero-order chi connectivity index (χ0) is 16.6. The van der Waals surface area contributed by atoms with Crippen molar-refractivity contribution in [2.24, 2.45) is 0 Å². The summed E-state index contributed by atoms with van der Waals surface area (Å²) < 4.78 is 47.0. The van der Waals surface area contributed by atoms with Gasteiger partial charge in [0.05, 0.1) is 11.6 Å². The molecule has 0 N–H and O–H groups in total. The van der Waals surface area contributed by atoms with Gasteiger partial charge < -0.3 is 9.47 Å². The second-order valence-electron chi connectivity index (χ2n) is 5.36. The molecule has 0 aliphatic carbocycles. The molecule has 0 saturated heterocycles. The van der Waals surface area contributed by atoms with Crippen LogP contribution in [0.25, 0.3) is 21.7 Å². The molecule has 23 heavy (non-hydrogen) atoms. The largest absolute Gasteiger partial charge is 0.573 e. The van der Waals surface area contributed by atoms with E-state index in [0.29, 0.717) is 11.3 Å². The Morgan fingerprint density at radius 1 is 0.957 bits per heavy atom. The van der Waals surface area contributed by atoms with Gasteiger partial charge in [0.2, 0.25) is 5.88 Å². The SMILES string of the molecule is CC(C)Oc1nc2ccccc2c2ccc(OC(F)(F)F)cc12. The zero-order valence-corrected chi connectivity index (χ0v) is 12.5. The van der Waals surface area contributed by atoms with Crippen LogP contribution in [0.2, 0.25) is 0 Å². The first-order valence-electron chi connectivity index (χ1n) is 7.08. The molecule has 1 aromatic heterocycles. The van der Waals surface area contributed by atoms with Crippen LogP contribution in [0.15, 0.2) is 42.5 Å². The number of pyridine rings is 1. The molecular formula is C17H14F3NO2. The minimum Gasteiger partial charge on any atom is -0.474 e. The molecule has 0 aliphatic heterocycles. The zero-order valence-electron chi connectivity index (χ0n) is 12.5. The molecule has 0 atom stereocenters. The molecule has 2 aromatic carbocycles. The van der Waals surface area contributed by atoms with Crippen molar-refractivity contribution < 1.29 is 22.6 Å². The molecule has 120 valence electrons. The normalized spacial score (nSPS) is 12.1. The van der Waals surface area contributed by atoms with E-state index < -0.39 is 6.36 Å². The minimum atomic E-state index is -4.74. The summed E-state index contributed by atoms with van der Waals surface area (Å²) in [6, 6.07) is 11.6. The van der Waals surface area contributed by atoms with Gasteiger partial charge in [-0.25, -0.2) is 4.98 Å². The van der Waals surface area contributed by atoms with Gasteiger partial charge in [-0.05, 0) is 43.5 Å². The Balaban J connectivity index is 2.24. The molecule has 3 nitrogen and oxygen atoms in total. The fourth-order valence-electron chi connectivity index (χ4n) is 2.41. The fraction of sp³-hybridized carbons (Fsp3) is 0.235. The van der Waals surface area contributed by atoms with Crippen LogP contribution in [0, 0.1) is 0 Å². The molecule has 0 bridgehead atoms. The van der Waals surface area contributed by atoms with E-state index in [1.54, 1.807) is 6.07 Å². The van der Waals surface area contributed by atoms with Crippen molar-refractivity contribution in [2.75, 3.05) is 0 Å². The molecule has 0 saturated carbocycles. The van der Waals surface area contributed by atoms with Crippen LogP contribution in [0.4, 0.5) is 13.2 Å². The van der Waals surface area contributed by atoms with Gasteiger partial charge in [0, 0.05) is 10.8 Å². The van der Waals surface area contributed by atoms with Crippen LogP contribution < -0.4 is 9.47 Å². The van der Waals surface area contributed by atoms with E-state index in [1.165, 1.54) is 12.1 Å². The summed E-state index contributed by atoms with van der Waals surface area (Å²) in [6.07, 6.45) is -4.89. The van der Waals surface area contributed by atoms with Crippen LogP contribution in [-0.2, 0) is 0 Å². The molecule has 0 amide bonds. The highest BCUT2D eigenvalue weighted by Crippen LogP contribution is 2.35. The summed E-state index contributed by atoms with van der Waals surface area (Å²) in [4.78, 5) is 4.42. The summed E-state index contributed by atoms with van der Waals surface area (Å²) in [5, 5.41) is 2.09. The lowest BCUT2D eigenvalue weighted by Gasteiger charge is -2.15. The van der Waals surface area contributed by atoms with Crippen molar-refractivity contribution in [1.29, 1.82) is 0 Å². The number of rotatable bonds is 3. The second-order valence-corrected chi connectivity index (χ2v) is 5.36. The van der Waals surface area contributed by atoms with E-state index in [-0.39, 0.29) is 11.9 Å². The molecule has 0 spiro atoms. The maximum Gasteiger partial charge on any atom is 0.573 e. The van der Waals surface area contributed by atoms with Crippen LogP contribution >= 0.6 is 0 Å². The fourth-order valence-corrected chi connectivity index (χ4v) is 2.41. The Morgan fingerprint density at radius 2 is 1.70 bits per heavy atom. The lowest BCUT2D eigenvalue weighted by molar-refractivity contribution is -0.274. The predicted molar refractivity (Wildman–Crippen MR) is 81.7 cm³/mol. The average molecular weight is 321 g/mol. The van der Waals surface area contributed by atoms with Gasteiger partial charge in [-0.15, -0.1) is 13.2 Å². The summed E-state index contributed by atoms with van der Waals surface area (Å²) in [7, 11) is 0. The van der Waals surface area contributed by atoms with Crippen molar-refractivity contribution in [3.63, 3.8) is 0 Å². The Hall–Kier alpha value is -2.50. The maximum absolute atomic E-state index is 12.4. The average Bonchev–Trinajstić information content (AvgIpc) is 2.45. The van der Waals surface area contributed by atoms with E-state index in [9.17, 15) is 13.2 Å². The summed E-state index contributed by atoms with van der Waals surface area (Å²) in [5.41, 5.74) is 0.722. The smallest absolute Gasteiger partial charge is 0.474 e. The highest BCUT2D eigenvalue weighted by molar-refractivity contribution is 6.08.